The van der Waals surface area contributed by atoms with E-state index in [1.165, 1.54) is 12.1 Å². The summed E-state index contributed by atoms with van der Waals surface area (Å²) in [6.45, 7) is 0. The number of nitriles is 1. The van der Waals surface area contributed by atoms with E-state index >= 15 is 0 Å². The summed E-state index contributed by atoms with van der Waals surface area (Å²) >= 11 is 5.22. The fourth-order valence-corrected chi connectivity index (χ4v) is 2.27. The standard InChI is InChI=1S/C13H7FN4S/c14-9-3-1-5-11(8(9)7-15)18-12-10(17-13(18)19)4-2-6-16-12/h1-6H,(H,17,19). The molecule has 92 valence electrons. The van der Waals surface area contributed by atoms with Crippen LogP contribution in [0, 0.1) is 21.9 Å². The highest BCUT2D eigenvalue weighted by atomic mass is 32.1. The molecule has 0 aliphatic rings. The molecule has 0 aliphatic heterocycles. The maximum Gasteiger partial charge on any atom is 0.184 e. The Morgan fingerprint density at radius 1 is 1.32 bits per heavy atom. The minimum absolute atomic E-state index is 0.0508. The van der Waals surface area contributed by atoms with Crippen molar-refractivity contribution in [3.8, 4) is 11.8 Å². The summed E-state index contributed by atoms with van der Waals surface area (Å²) in [7, 11) is 0. The van der Waals surface area contributed by atoms with E-state index in [0.29, 0.717) is 16.1 Å². The van der Waals surface area contributed by atoms with Crippen molar-refractivity contribution >= 4 is 23.4 Å². The number of hydrogen-bond donors (Lipinski definition) is 1. The number of nitrogens with zero attached hydrogens (tertiary/aromatic N) is 3. The summed E-state index contributed by atoms with van der Waals surface area (Å²) in [5, 5.41) is 9.09. The summed E-state index contributed by atoms with van der Waals surface area (Å²) < 4.78 is 15.6. The SMILES string of the molecule is N#Cc1c(F)cccc1-n1c(=S)[nH]c2cccnc21. The van der Waals surface area contributed by atoms with Crippen molar-refractivity contribution in [1.29, 1.82) is 5.26 Å². The van der Waals surface area contributed by atoms with Gasteiger partial charge in [-0.2, -0.15) is 5.26 Å². The second-order valence-corrected chi connectivity index (χ2v) is 4.27. The number of aromatic amines is 1. The number of halogens is 1. The van der Waals surface area contributed by atoms with Crippen molar-refractivity contribution in [3.05, 3.63) is 52.7 Å². The van der Waals surface area contributed by atoms with Crippen LogP contribution < -0.4 is 0 Å². The zero-order chi connectivity index (χ0) is 13.4. The number of aromatic nitrogens is 3. The molecule has 0 saturated carbocycles. The molecule has 0 saturated heterocycles. The van der Waals surface area contributed by atoms with Gasteiger partial charge in [0, 0.05) is 6.20 Å². The Kier molecular flexibility index (Phi) is 2.62. The van der Waals surface area contributed by atoms with Crippen molar-refractivity contribution in [1.82, 2.24) is 14.5 Å². The third kappa shape index (κ3) is 1.72. The Labute approximate surface area is 112 Å². The number of benzene rings is 1. The predicted molar refractivity (Wildman–Crippen MR) is 70.9 cm³/mol. The first-order valence-electron chi connectivity index (χ1n) is 5.47. The molecule has 0 amide bonds. The fraction of sp³-hybridized carbons (Fsp3) is 0. The first-order chi connectivity index (χ1) is 9.22. The summed E-state index contributed by atoms with van der Waals surface area (Å²) in [5.74, 6) is -0.577. The molecule has 0 spiro atoms. The lowest BCUT2D eigenvalue weighted by molar-refractivity contribution is 0.622. The predicted octanol–water partition coefficient (Wildman–Crippen LogP) is 3.09. The highest BCUT2D eigenvalue weighted by molar-refractivity contribution is 7.71. The number of fused-ring (bicyclic) bond motifs is 1. The van der Waals surface area contributed by atoms with Crippen molar-refractivity contribution in [2.75, 3.05) is 0 Å². The molecule has 3 rings (SSSR count). The average Bonchev–Trinajstić information content (AvgIpc) is 2.74. The first-order valence-corrected chi connectivity index (χ1v) is 5.88. The van der Waals surface area contributed by atoms with Gasteiger partial charge in [0.2, 0.25) is 0 Å². The third-order valence-corrected chi connectivity index (χ3v) is 3.07. The molecule has 2 aromatic heterocycles. The van der Waals surface area contributed by atoms with E-state index in [1.54, 1.807) is 22.9 Å². The summed E-state index contributed by atoms with van der Waals surface area (Å²) in [5.41, 5.74) is 1.64. The number of H-pyrrole nitrogens is 1. The molecule has 6 heteroatoms. The molecule has 0 unspecified atom stereocenters. The zero-order valence-electron chi connectivity index (χ0n) is 9.59. The quantitative estimate of drug-likeness (QED) is 0.691. The Morgan fingerprint density at radius 2 is 2.16 bits per heavy atom. The van der Waals surface area contributed by atoms with Crippen molar-refractivity contribution in [2.24, 2.45) is 0 Å². The monoisotopic (exact) mass is 270 g/mol. The van der Waals surface area contributed by atoms with E-state index in [2.05, 4.69) is 9.97 Å². The molecule has 0 radical (unpaired) electrons. The molecule has 4 nitrogen and oxygen atoms in total. The van der Waals surface area contributed by atoms with Crippen molar-refractivity contribution in [3.63, 3.8) is 0 Å². The van der Waals surface area contributed by atoms with Gasteiger partial charge in [-0.15, -0.1) is 0 Å². The Bertz CT molecular complexity index is 872. The van der Waals surface area contributed by atoms with E-state index in [-0.39, 0.29) is 5.56 Å². The van der Waals surface area contributed by atoms with Gasteiger partial charge in [-0.25, -0.2) is 9.37 Å². The maximum atomic E-state index is 13.7. The highest BCUT2D eigenvalue weighted by Gasteiger charge is 2.13. The van der Waals surface area contributed by atoms with E-state index in [1.807, 2.05) is 12.1 Å². The highest BCUT2D eigenvalue weighted by Crippen LogP contribution is 2.22. The second kappa shape index (κ2) is 4.30. The zero-order valence-corrected chi connectivity index (χ0v) is 10.4. The van der Waals surface area contributed by atoms with Crippen LogP contribution in [0.1, 0.15) is 5.56 Å². The second-order valence-electron chi connectivity index (χ2n) is 3.89. The number of imidazole rings is 1. The van der Waals surface area contributed by atoms with Gasteiger partial charge in [0.1, 0.15) is 17.4 Å². The van der Waals surface area contributed by atoms with E-state index in [4.69, 9.17) is 17.5 Å². The number of rotatable bonds is 1. The molecular formula is C13H7FN4S. The van der Waals surface area contributed by atoms with E-state index in [9.17, 15) is 4.39 Å². The van der Waals surface area contributed by atoms with Crippen molar-refractivity contribution < 1.29 is 4.39 Å². The van der Waals surface area contributed by atoms with Gasteiger partial charge in [0.25, 0.3) is 0 Å². The molecule has 0 bridgehead atoms. The van der Waals surface area contributed by atoms with Crippen LogP contribution in [-0.4, -0.2) is 14.5 Å². The lowest BCUT2D eigenvalue weighted by Crippen LogP contribution is -2.00. The van der Waals surface area contributed by atoms with Gasteiger partial charge in [-0.1, -0.05) is 6.07 Å². The van der Waals surface area contributed by atoms with Gasteiger partial charge in [0.15, 0.2) is 10.4 Å². The minimum Gasteiger partial charge on any atom is -0.329 e. The third-order valence-electron chi connectivity index (χ3n) is 2.79. The normalized spacial score (nSPS) is 10.5. The van der Waals surface area contributed by atoms with E-state index < -0.39 is 5.82 Å². The fourth-order valence-electron chi connectivity index (χ4n) is 1.97. The summed E-state index contributed by atoms with van der Waals surface area (Å²) in [6, 6.07) is 9.87. The molecule has 19 heavy (non-hydrogen) atoms. The van der Waals surface area contributed by atoms with Gasteiger partial charge in [-0.05, 0) is 36.5 Å². The molecule has 0 fully saturated rings. The molecule has 3 aromatic rings. The van der Waals surface area contributed by atoms with Crippen LogP contribution in [-0.2, 0) is 0 Å². The summed E-state index contributed by atoms with van der Waals surface area (Å²) in [6.07, 6.45) is 1.62. The number of hydrogen-bond acceptors (Lipinski definition) is 3. The van der Waals surface area contributed by atoms with Crippen LogP contribution >= 0.6 is 12.2 Å². The molecule has 0 aliphatic carbocycles. The lowest BCUT2D eigenvalue weighted by atomic mass is 10.2. The Hall–Kier alpha value is -2.52. The van der Waals surface area contributed by atoms with Crippen LogP contribution in [0.4, 0.5) is 4.39 Å². The Morgan fingerprint density at radius 3 is 2.95 bits per heavy atom. The van der Waals surface area contributed by atoms with Crippen LogP contribution in [0.2, 0.25) is 0 Å². The van der Waals surface area contributed by atoms with Gasteiger partial charge in [-0.3, -0.25) is 4.57 Å². The average molecular weight is 270 g/mol. The maximum absolute atomic E-state index is 13.7. The van der Waals surface area contributed by atoms with E-state index in [0.717, 1.165) is 5.52 Å². The smallest absolute Gasteiger partial charge is 0.184 e. The summed E-state index contributed by atoms with van der Waals surface area (Å²) in [4.78, 5) is 7.20. The molecular weight excluding hydrogens is 263 g/mol. The lowest BCUT2D eigenvalue weighted by Gasteiger charge is -2.06. The largest absolute Gasteiger partial charge is 0.329 e. The van der Waals surface area contributed by atoms with Gasteiger partial charge >= 0.3 is 0 Å². The Balaban J connectivity index is 2.44. The topological polar surface area (TPSA) is 57.4 Å². The first kappa shape index (κ1) is 11.6. The molecule has 2 heterocycles. The van der Waals surface area contributed by atoms with Crippen LogP contribution in [0.25, 0.3) is 16.9 Å². The molecule has 1 N–H and O–H groups in total. The number of pyridine rings is 1. The molecule has 0 atom stereocenters. The molecule has 1 aromatic carbocycles. The van der Waals surface area contributed by atoms with Crippen LogP contribution in [0.3, 0.4) is 0 Å². The van der Waals surface area contributed by atoms with Gasteiger partial charge < -0.3 is 4.98 Å². The minimum atomic E-state index is -0.577. The van der Waals surface area contributed by atoms with Crippen LogP contribution in [0.15, 0.2) is 36.5 Å². The number of nitrogens with one attached hydrogen (secondary N) is 1. The van der Waals surface area contributed by atoms with Crippen LogP contribution in [0.5, 0.6) is 0 Å². The van der Waals surface area contributed by atoms with Gasteiger partial charge in [0.05, 0.1) is 11.2 Å². The van der Waals surface area contributed by atoms with Crippen molar-refractivity contribution in [2.45, 2.75) is 0 Å².